The van der Waals surface area contributed by atoms with Gasteiger partial charge in [-0.3, -0.25) is 4.79 Å². The van der Waals surface area contributed by atoms with Crippen molar-refractivity contribution in [3.8, 4) is 5.75 Å². The number of hydrogen-bond acceptors (Lipinski definition) is 4. The molecule has 0 aliphatic carbocycles. The van der Waals surface area contributed by atoms with Gasteiger partial charge in [0.1, 0.15) is 11.5 Å². The first-order chi connectivity index (χ1) is 13.7. The van der Waals surface area contributed by atoms with Crippen LogP contribution in [0.15, 0.2) is 71.3 Å². The average molecular weight is 377 g/mol. The minimum atomic E-state index is -0.539. The maximum absolute atomic E-state index is 12.4. The molecule has 1 aromatic heterocycles. The topological polar surface area (TPSA) is 92.6 Å². The number of carbonyl (C=O) groups is 2. The van der Waals surface area contributed by atoms with Gasteiger partial charge in [-0.1, -0.05) is 18.2 Å². The van der Waals surface area contributed by atoms with Gasteiger partial charge in [-0.25, -0.2) is 4.79 Å². The summed E-state index contributed by atoms with van der Waals surface area (Å²) in [6, 6.07) is 17.7. The second-order valence-corrected chi connectivity index (χ2v) is 6.37. The zero-order valence-corrected chi connectivity index (χ0v) is 15.0. The van der Waals surface area contributed by atoms with Crippen molar-refractivity contribution in [2.75, 3.05) is 10.6 Å². The number of amides is 3. The van der Waals surface area contributed by atoms with Gasteiger partial charge in [0.15, 0.2) is 6.10 Å². The van der Waals surface area contributed by atoms with Gasteiger partial charge in [0, 0.05) is 17.8 Å². The molecule has 0 spiro atoms. The Morgan fingerprint density at radius 3 is 2.39 bits per heavy atom. The van der Waals surface area contributed by atoms with Crippen molar-refractivity contribution >= 4 is 23.3 Å². The van der Waals surface area contributed by atoms with Crippen molar-refractivity contribution in [3.05, 3.63) is 78.3 Å². The lowest BCUT2D eigenvalue weighted by Crippen LogP contribution is -2.31. The van der Waals surface area contributed by atoms with Gasteiger partial charge >= 0.3 is 6.03 Å². The molecular formula is C21H19N3O4. The van der Waals surface area contributed by atoms with E-state index in [0.717, 1.165) is 11.3 Å². The van der Waals surface area contributed by atoms with E-state index in [9.17, 15) is 9.59 Å². The van der Waals surface area contributed by atoms with E-state index < -0.39 is 6.10 Å². The molecule has 4 rings (SSSR count). The van der Waals surface area contributed by atoms with E-state index >= 15 is 0 Å². The summed E-state index contributed by atoms with van der Waals surface area (Å²) in [5.74, 6) is 1.22. The van der Waals surface area contributed by atoms with Crippen LogP contribution in [0.5, 0.6) is 5.75 Å². The highest BCUT2D eigenvalue weighted by Crippen LogP contribution is 2.28. The number of anilines is 2. The molecule has 0 fully saturated rings. The Balaban J connectivity index is 1.27. The molecule has 3 amide bonds. The zero-order chi connectivity index (χ0) is 19.3. The summed E-state index contributed by atoms with van der Waals surface area (Å²) in [4.78, 5) is 24.3. The van der Waals surface area contributed by atoms with Gasteiger partial charge in [0.25, 0.3) is 5.91 Å². The molecule has 0 saturated heterocycles. The third-order valence-electron chi connectivity index (χ3n) is 4.35. The van der Waals surface area contributed by atoms with Crippen LogP contribution >= 0.6 is 0 Å². The van der Waals surface area contributed by atoms with Crippen LogP contribution < -0.4 is 20.7 Å². The molecular weight excluding hydrogens is 358 g/mol. The van der Waals surface area contributed by atoms with Crippen molar-refractivity contribution in [1.82, 2.24) is 5.32 Å². The largest absolute Gasteiger partial charge is 0.480 e. The van der Waals surface area contributed by atoms with Crippen LogP contribution in [0.1, 0.15) is 11.3 Å². The van der Waals surface area contributed by atoms with Crippen molar-refractivity contribution in [2.45, 2.75) is 19.1 Å². The fourth-order valence-electron chi connectivity index (χ4n) is 2.94. The Morgan fingerprint density at radius 1 is 0.929 bits per heavy atom. The molecule has 1 aliphatic rings. The molecule has 0 bridgehead atoms. The van der Waals surface area contributed by atoms with Crippen molar-refractivity contribution < 1.29 is 18.7 Å². The van der Waals surface area contributed by atoms with E-state index in [0.29, 0.717) is 30.1 Å². The van der Waals surface area contributed by atoms with Gasteiger partial charge < -0.3 is 25.1 Å². The highest BCUT2D eigenvalue weighted by Gasteiger charge is 2.28. The molecule has 142 valence electrons. The predicted octanol–water partition coefficient (Wildman–Crippen LogP) is 3.54. The van der Waals surface area contributed by atoms with Gasteiger partial charge in [0.05, 0.1) is 12.8 Å². The quantitative estimate of drug-likeness (QED) is 0.634. The van der Waals surface area contributed by atoms with E-state index in [2.05, 4.69) is 16.0 Å². The normalized spacial score (nSPS) is 14.6. The molecule has 2 aromatic carbocycles. The molecule has 3 N–H and O–H groups in total. The number of fused-ring (bicyclic) bond motifs is 1. The summed E-state index contributed by atoms with van der Waals surface area (Å²) in [7, 11) is 0. The summed E-state index contributed by atoms with van der Waals surface area (Å²) in [5, 5.41) is 8.26. The number of urea groups is 1. The van der Waals surface area contributed by atoms with Gasteiger partial charge in [-0.2, -0.15) is 0 Å². The van der Waals surface area contributed by atoms with Gasteiger partial charge in [-0.15, -0.1) is 0 Å². The number of benzene rings is 2. The molecule has 3 aromatic rings. The second kappa shape index (κ2) is 7.87. The number of para-hydroxylation sites is 1. The maximum atomic E-state index is 12.4. The van der Waals surface area contributed by atoms with Crippen LogP contribution in [0, 0.1) is 0 Å². The van der Waals surface area contributed by atoms with E-state index in [1.807, 2.05) is 24.3 Å². The fourth-order valence-corrected chi connectivity index (χ4v) is 2.94. The lowest BCUT2D eigenvalue weighted by atomic mass is 10.1. The number of furan rings is 1. The number of ether oxygens (including phenoxy) is 1. The smallest absolute Gasteiger partial charge is 0.319 e. The predicted molar refractivity (Wildman–Crippen MR) is 104 cm³/mol. The first-order valence-electron chi connectivity index (χ1n) is 8.90. The highest BCUT2D eigenvalue weighted by atomic mass is 16.5. The van der Waals surface area contributed by atoms with Gasteiger partial charge in [-0.05, 0) is 48.0 Å². The van der Waals surface area contributed by atoms with Crippen LogP contribution in [0.25, 0.3) is 0 Å². The Bertz CT molecular complexity index is 943. The third kappa shape index (κ3) is 4.15. The monoisotopic (exact) mass is 377 g/mol. The van der Waals surface area contributed by atoms with E-state index in [1.165, 1.54) is 0 Å². The highest BCUT2D eigenvalue weighted by molar-refractivity contribution is 5.95. The van der Waals surface area contributed by atoms with E-state index in [1.54, 1.807) is 42.7 Å². The lowest BCUT2D eigenvalue weighted by Gasteiger charge is -2.12. The fraction of sp³-hybridized carbons (Fsp3) is 0.143. The molecule has 28 heavy (non-hydrogen) atoms. The average Bonchev–Trinajstić information content (AvgIpc) is 3.37. The minimum Gasteiger partial charge on any atom is -0.480 e. The van der Waals surface area contributed by atoms with E-state index in [-0.39, 0.29) is 11.9 Å². The Morgan fingerprint density at radius 2 is 1.68 bits per heavy atom. The summed E-state index contributed by atoms with van der Waals surface area (Å²) >= 11 is 0. The molecule has 0 saturated carbocycles. The number of nitrogens with one attached hydrogen (secondary N) is 3. The maximum Gasteiger partial charge on any atom is 0.319 e. The van der Waals surface area contributed by atoms with Crippen LogP contribution in [0.2, 0.25) is 0 Å². The molecule has 0 radical (unpaired) electrons. The molecule has 7 nitrogen and oxygen atoms in total. The van der Waals surface area contributed by atoms with Gasteiger partial charge in [0.2, 0.25) is 0 Å². The summed E-state index contributed by atoms with van der Waals surface area (Å²) in [6.07, 6.45) is 1.57. The summed E-state index contributed by atoms with van der Waals surface area (Å²) < 4.78 is 10.8. The molecule has 1 atom stereocenters. The Labute approximate surface area is 161 Å². The molecule has 7 heteroatoms. The summed E-state index contributed by atoms with van der Waals surface area (Å²) in [5.41, 5.74) is 2.27. The Kier molecular flexibility index (Phi) is 4.97. The first kappa shape index (κ1) is 17.7. The lowest BCUT2D eigenvalue weighted by molar-refractivity contribution is -0.122. The van der Waals surface area contributed by atoms with Crippen LogP contribution in [0.3, 0.4) is 0 Å². The van der Waals surface area contributed by atoms with Crippen molar-refractivity contribution in [2.24, 2.45) is 0 Å². The third-order valence-corrected chi connectivity index (χ3v) is 4.35. The van der Waals surface area contributed by atoms with Crippen LogP contribution in [-0.4, -0.2) is 18.0 Å². The number of rotatable bonds is 5. The number of carbonyl (C=O) groups excluding carboxylic acids is 2. The second-order valence-electron chi connectivity index (χ2n) is 6.37. The van der Waals surface area contributed by atoms with Crippen molar-refractivity contribution in [3.63, 3.8) is 0 Å². The molecule has 1 unspecified atom stereocenters. The van der Waals surface area contributed by atoms with E-state index in [4.69, 9.17) is 9.15 Å². The van der Waals surface area contributed by atoms with Crippen LogP contribution in [0.4, 0.5) is 16.2 Å². The first-order valence-corrected chi connectivity index (χ1v) is 8.90. The van der Waals surface area contributed by atoms with Crippen LogP contribution in [-0.2, 0) is 17.8 Å². The Hall–Kier alpha value is -3.74. The number of hydrogen-bond donors (Lipinski definition) is 3. The SMILES string of the molecule is O=C(NCc1ccco1)Nc1ccc(NC(=O)C2Cc3ccccc3O2)cc1. The molecule has 2 heterocycles. The zero-order valence-electron chi connectivity index (χ0n) is 15.0. The van der Waals surface area contributed by atoms with Crippen molar-refractivity contribution in [1.29, 1.82) is 0 Å². The minimum absolute atomic E-state index is 0.201. The molecule has 1 aliphatic heterocycles. The standard InChI is InChI=1S/C21H19N3O4/c25-20(19-12-14-4-1-2-6-18(14)28-19)23-15-7-9-16(10-8-15)24-21(26)22-13-17-5-3-11-27-17/h1-11,19H,12-13H2,(H,23,25)(H2,22,24,26). The summed E-state index contributed by atoms with van der Waals surface area (Å²) in [6.45, 7) is 0.302.